The zero-order valence-corrected chi connectivity index (χ0v) is 9.72. The van der Waals surface area contributed by atoms with Gasteiger partial charge in [0.1, 0.15) is 5.52 Å². The Morgan fingerprint density at radius 2 is 2.25 bits per heavy atom. The molecule has 0 spiro atoms. The van der Waals surface area contributed by atoms with Gasteiger partial charge in [-0.1, -0.05) is 0 Å². The van der Waals surface area contributed by atoms with Crippen LogP contribution >= 0.6 is 0 Å². The molecule has 0 atom stereocenters. The van der Waals surface area contributed by atoms with Crippen LogP contribution in [0.3, 0.4) is 0 Å². The van der Waals surface area contributed by atoms with Gasteiger partial charge in [-0.2, -0.15) is 5.10 Å². The Morgan fingerprint density at radius 1 is 1.38 bits per heavy atom. The summed E-state index contributed by atoms with van der Waals surface area (Å²) in [5, 5.41) is 7.49. The van der Waals surface area contributed by atoms with Crippen molar-refractivity contribution < 1.29 is 0 Å². The lowest BCUT2D eigenvalue weighted by molar-refractivity contribution is 0.405. The SMILES string of the molecule is CN(C)CCCNc1nccn2nccc12. The normalized spacial score (nSPS) is 11.2. The summed E-state index contributed by atoms with van der Waals surface area (Å²) >= 11 is 0. The van der Waals surface area contributed by atoms with Crippen LogP contribution in [-0.2, 0) is 0 Å². The number of aromatic nitrogens is 3. The van der Waals surface area contributed by atoms with E-state index in [-0.39, 0.29) is 0 Å². The molecule has 0 aliphatic heterocycles. The van der Waals surface area contributed by atoms with Crippen molar-refractivity contribution in [1.82, 2.24) is 19.5 Å². The van der Waals surface area contributed by atoms with Gasteiger partial charge in [-0.15, -0.1) is 0 Å². The molecule has 0 radical (unpaired) electrons. The number of hydrogen-bond acceptors (Lipinski definition) is 4. The van der Waals surface area contributed by atoms with Gasteiger partial charge in [0.2, 0.25) is 0 Å². The zero-order chi connectivity index (χ0) is 11.4. The smallest absolute Gasteiger partial charge is 0.152 e. The molecular formula is C11H17N5. The van der Waals surface area contributed by atoms with Crippen molar-refractivity contribution in [2.45, 2.75) is 6.42 Å². The maximum absolute atomic E-state index is 4.31. The van der Waals surface area contributed by atoms with Crippen LogP contribution in [0, 0.1) is 0 Å². The fraction of sp³-hybridized carbons (Fsp3) is 0.455. The molecule has 0 bridgehead atoms. The second kappa shape index (κ2) is 4.94. The topological polar surface area (TPSA) is 45.5 Å². The standard InChI is InChI=1S/C11H17N5/c1-15(2)8-3-5-12-11-10-4-6-14-16(10)9-7-13-11/h4,6-7,9H,3,5,8H2,1-2H3,(H,12,13). The van der Waals surface area contributed by atoms with E-state index in [9.17, 15) is 0 Å². The van der Waals surface area contributed by atoms with Gasteiger partial charge in [-0.05, 0) is 33.1 Å². The highest BCUT2D eigenvalue weighted by Crippen LogP contribution is 2.11. The summed E-state index contributed by atoms with van der Waals surface area (Å²) in [6.07, 6.45) is 6.49. The maximum atomic E-state index is 4.31. The van der Waals surface area contributed by atoms with Crippen molar-refractivity contribution in [3.63, 3.8) is 0 Å². The van der Waals surface area contributed by atoms with Crippen LogP contribution in [-0.4, -0.2) is 46.7 Å². The second-order valence-electron chi connectivity index (χ2n) is 4.02. The van der Waals surface area contributed by atoms with Gasteiger partial charge in [-0.3, -0.25) is 0 Å². The molecule has 86 valence electrons. The number of hydrogen-bond donors (Lipinski definition) is 1. The van der Waals surface area contributed by atoms with Crippen LogP contribution < -0.4 is 5.32 Å². The van der Waals surface area contributed by atoms with Gasteiger partial charge in [0, 0.05) is 18.9 Å². The first-order chi connectivity index (χ1) is 7.77. The Kier molecular flexibility index (Phi) is 3.36. The minimum Gasteiger partial charge on any atom is -0.368 e. The predicted octanol–water partition coefficient (Wildman–Crippen LogP) is 1.09. The van der Waals surface area contributed by atoms with Crippen molar-refractivity contribution in [2.24, 2.45) is 0 Å². The molecule has 2 aromatic heterocycles. The Hall–Kier alpha value is -1.62. The molecule has 2 rings (SSSR count). The summed E-state index contributed by atoms with van der Waals surface area (Å²) in [4.78, 5) is 6.49. The molecule has 0 amide bonds. The van der Waals surface area contributed by atoms with E-state index >= 15 is 0 Å². The lowest BCUT2D eigenvalue weighted by Gasteiger charge is -2.10. The van der Waals surface area contributed by atoms with Crippen LogP contribution in [0.15, 0.2) is 24.7 Å². The molecule has 0 aromatic carbocycles. The molecule has 2 aromatic rings. The van der Waals surface area contributed by atoms with Crippen molar-refractivity contribution >= 4 is 11.3 Å². The molecule has 0 aliphatic carbocycles. The van der Waals surface area contributed by atoms with Crippen LogP contribution in [0.1, 0.15) is 6.42 Å². The van der Waals surface area contributed by atoms with E-state index < -0.39 is 0 Å². The lowest BCUT2D eigenvalue weighted by atomic mass is 10.4. The van der Waals surface area contributed by atoms with Crippen LogP contribution in [0.25, 0.3) is 5.52 Å². The first-order valence-electron chi connectivity index (χ1n) is 5.44. The van der Waals surface area contributed by atoms with E-state index in [2.05, 4.69) is 34.4 Å². The molecule has 16 heavy (non-hydrogen) atoms. The van der Waals surface area contributed by atoms with E-state index in [1.807, 2.05) is 16.8 Å². The monoisotopic (exact) mass is 219 g/mol. The highest BCUT2D eigenvalue weighted by molar-refractivity contribution is 5.66. The van der Waals surface area contributed by atoms with Crippen molar-refractivity contribution in [3.05, 3.63) is 24.7 Å². The average Bonchev–Trinajstić information content (AvgIpc) is 2.72. The largest absolute Gasteiger partial charge is 0.368 e. The Balaban J connectivity index is 1.96. The Morgan fingerprint density at radius 3 is 3.06 bits per heavy atom. The molecule has 1 N–H and O–H groups in total. The minimum atomic E-state index is 0.902. The van der Waals surface area contributed by atoms with Gasteiger partial charge >= 0.3 is 0 Å². The Bertz CT molecular complexity index is 448. The summed E-state index contributed by atoms with van der Waals surface area (Å²) in [7, 11) is 4.16. The van der Waals surface area contributed by atoms with Gasteiger partial charge in [0.15, 0.2) is 5.82 Å². The van der Waals surface area contributed by atoms with Crippen molar-refractivity contribution in [2.75, 3.05) is 32.5 Å². The highest BCUT2D eigenvalue weighted by atomic mass is 15.2. The second-order valence-corrected chi connectivity index (χ2v) is 4.02. The summed E-state index contributed by atoms with van der Waals surface area (Å²) < 4.78 is 1.82. The molecule has 0 unspecified atom stereocenters. The molecule has 0 saturated heterocycles. The van der Waals surface area contributed by atoms with Gasteiger partial charge in [0.05, 0.1) is 6.20 Å². The fourth-order valence-corrected chi connectivity index (χ4v) is 1.60. The van der Waals surface area contributed by atoms with Crippen molar-refractivity contribution in [1.29, 1.82) is 0 Å². The number of nitrogens with zero attached hydrogens (tertiary/aromatic N) is 4. The van der Waals surface area contributed by atoms with Crippen molar-refractivity contribution in [3.8, 4) is 0 Å². The molecule has 0 saturated carbocycles. The number of rotatable bonds is 5. The van der Waals surface area contributed by atoms with Gasteiger partial charge in [0.25, 0.3) is 0 Å². The van der Waals surface area contributed by atoms with Gasteiger partial charge < -0.3 is 10.2 Å². The molecular weight excluding hydrogens is 202 g/mol. The molecule has 5 nitrogen and oxygen atoms in total. The minimum absolute atomic E-state index is 0.902. The maximum Gasteiger partial charge on any atom is 0.152 e. The van der Waals surface area contributed by atoms with Crippen LogP contribution in [0.4, 0.5) is 5.82 Å². The highest BCUT2D eigenvalue weighted by Gasteiger charge is 2.01. The summed E-state index contributed by atoms with van der Waals surface area (Å²) in [5.41, 5.74) is 1.02. The zero-order valence-electron chi connectivity index (χ0n) is 9.72. The van der Waals surface area contributed by atoms with E-state index in [1.165, 1.54) is 0 Å². The summed E-state index contributed by atoms with van der Waals surface area (Å²) in [6.45, 7) is 2.01. The lowest BCUT2D eigenvalue weighted by Crippen LogP contribution is -2.16. The number of fused-ring (bicyclic) bond motifs is 1. The first-order valence-corrected chi connectivity index (χ1v) is 5.44. The molecule has 0 aliphatic rings. The number of nitrogens with one attached hydrogen (secondary N) is 1. The van der Waals surface area contributed by atoms with Crippen LogP contribution in [0.5, 0.6) is 0 Å². The summed E-state index contributed by atoms with van der Waals surface area (Å²) in [5.74, 6) is 0.902. The average molecular weight is 219 g/mol. The van der Waals surface area contributed by atoms with Gasteiger partial charge in [-0.25, -0.2) is 9.50 Å². The quantitative estimate of drug-likeness (QED) is 0.765. The third kappa shape index (κ3) is 2.49. The number of anilines is 1. The third-order valence-electron chi connectivity index (χ3n) is 2.40. The first kappa shape index (κ1) is 10.9. The van der Waals surface area contributed by atoms with E-state index in [4.69, 9.17) is 0 Å². The molecule has 5 heteroatoms. The predicted molar refractivity (Wildman–Crippen MR) is 64.6 cm³/mol. The van der Waals surface area contributed by atoms with E-state index in [0.717, 1.165) is 30.8 Å². The Labute approximate surface area is 95.1 Å². The molecule has 2 heterocycles. The van der Waals surface area contributed by atoms with Crippen LogP contribution in [0.2, 0.25) is 0 Å². The fourth-order valence-electron chi connectivity index (χ4n) is 1.60. The molecule has 0 fully saturated rings. The van der Waals surface area contributed by atoms with E-state index in [0.29, 0.717) is 0 Å². The summed E-state index contributed by atoms with van der Waals surface area (Å²) in [6, 6.07) is 1.96. The van der Waals surface area contributed by atoms with E-state index in [1.54, 1.807) is 12.4 Å². The third-order valence-corrected chi connectivity index (χ3v) is 2.40.